The highest BCUT2D eigenvalue weighted by Crippen LogP contribution is 2.23. The quantitative estimate of drug-likeness (QED) is 0.608. The van der Waals surface area contributed by atoms with Gasteiger partial charge in [0.1, 0.15) is 0 Å². The summed E-state index contributed by atoms with van der Waals surface area (Å²) >= 11 is 0. The molecule has 0 spiro atoms. The average molecular weight is 265 g/mol. The molecule has 0 aliphatic rings. The Kier molecular flexibility index (Phi) is 5.76. The zero-order valence-corrected chi connectivity index (χ0v) is 12.1. The first kappa shape index (κ1) is 15.4. The highest BCUT2D eigenvalue weighted by Gasteiger charge is 2.12. The zero-order valence-electron chi connectivity index (χ0n) is 12.1. The van der Waals surface area contributed by atoms with Crippen LogP contribution in [0.5, 0.6) is 0 Å². The van der Waals surface area contributed by atoms with Crippen LogP contribution in [0.1, 0.15) is 25.8 Å². The van der Waals surface area contributed by atoms with Gasteiger partial charge in [0.25, 0.3) is 5.69 Å². The molecule has 1 N–H and O–H groups in total. The van der Waals surface area contributed by atoms with E-state index in [4.69, 9.17) is 0 Å². The highest BCUT2D eigenvalue weighted by atomic mass is 16.6. The van der Waals surface area contributed by atoms with Gasteiger partial charge >= 0.3 is 0 Å². The first-order chi connectivity index (χ1) is 8.97. The SMILES string of the molecule is CCC(C)CN(C)Cc1cc([N+](=O)[O-])ccc1NC. The molecular formula is C14H23N3O2. The molecule has 0 aromatic heterocycles. The van der Waals surface area contributed by atoms with E-state index < -0.39 is 0 Å². The van der Waals surface area contributed by atoms with Crippen molar-refractivity contribution in [3.8, 4) is 0 Å². The van der Waals surface area contributed by atoms with Crippen molar-refractivity contribution in [2.24, 2.45) is 5.92 Å². The summed E-state index contributed by atoms with van der Waals surface area (Å²) in [6.07, 6.45) is 1.14. The normalized spacial score (nSPS) is 12.5. The molecule has 0 aliphatic carbocycles. The van der Waals surface area contributed by atoms with E-state index in [9.17, 15) is 10.1 Å². The number of anilines is 1. The van der Waals surface area contributed by atoms with Crippen LogP contribution in [0.2, 0.25) is 0 Å². The maximum atomic E-state index is 10.8. The fourth-order valence-electron chi connectivity index (χ4n) is 2.08. The lowest BCUT2D eigenvalue weighted by Gasteiger charge is -2.21. The lowest BCUT2D eigenvalue weighted by atomic mass is 10.1. The second-order valence-corrected chi connectivity index (χ2v) is 5.06. The molecule has 0 amide bonds. The summed E-state index contributed by atoms with van der Waals surface area (Å²) in [7, 11) is 3.88. The minimum atomic E-state index is -0.350. The van der Waals surface area contributed by atoms with Gasteiger partial charge in [0, 0.05) is 38.0 Å². The molecule has 1 rings (SSSR count). The third kappa shape index (κ3) is 4.52. The summed E-state index contributed by atoms with van der Waals surface area (Å²) in [6.45, 7) is 6.08. The zero-order chi connectivity index (χ0) is 14.4. The molecule has 5 heteroatoms. The molecule has 1 aromatic carbocycles. The number of rotatable bonds is 7. The molecule has 1 atom stereocenters. The van der Waals surface area contributed by atoms with E-state index in [-0.39, 0.29) is 10.6 Å². The van der Waals surface area contributed by atoms with Crippen molar-refractivity contribution in [2.75, 3.05) is 26.0 Å². The number of hydrogen-bond donors (Lipinski definition) is 1. The van der Waals surface area contributed by atoms with E-state index in [1.54, 1.807) is 12.1 Å². The Balaban J connectivity index is 2.85. The predicted molar refractivity (Wildman–Crippen MR) is 78.4 cm³/mol. The monoisotopic (exact) mass is 265 g/mol. The molecular weight excluding hydrogens is 242 g/mol. The molecule has 0 heterocycles. The second kappa shape index (κ2) is 7.09. The lowest BCUT2D eigenvalue weighted by Crippen LogP contribution is -2.24. The molecule has 5 nitrogen and oxygen atoms in total. The van der Waals surface area contributed by atoms with Crippen molar-refractivity contribution in [1.29, 1.82) is 0 Å². The van der Waals surface area contributed by atoms with Gasteiger partial charge in [-0.05, 0) is 24.6 Å². The van der Waals surface area contributed by atoms with Gasteiger partial charge in [-0.2, -0.15) is 0 Å². The summed E-state index contributed by atoms with van der Waals surface area (Å²) in [5.41, 5.74) is 2.05. The number of non-ortho nitro benzene ring substituents is 1. The third-order valence-electron chi connectivity index (χ3n) is 3.33. The van der Waals surface area contributed by atoms with Gasteiger partial charge < -0.3 is 10.2 Å². The molecule has 106 valence electrons. The van der Waals surface area contributed by atoms with Crippen LogP contribution in [-0.2, 0) is 6.54 Å². The van der Waals surface area contributed by atoms with Gasteiger partial charge in [-0.1, -0.05) is 20.3 Å². The van der Waals surface area contributed by atoms with Crippen LogP contribution in [0.15, 0.2) is 18.2 Å². The Morgan fingerprint density at radius 1 is 1.47 bits per heavy atom. The molecule has 19 heavy (non-hydrogen) atoms. The van der Waals surface area contributed by atoms with Crippen molar-refractivity contribution in [3.63, 3.8) is 0 Å². The number of hydrogen-bond acceptors (Lipinski definition) is 4. The first-order valence-electron chi connectivity index (χ1n) is 6.61. The van der Waals surface area contributed by atoms with Crippen LogP contribution in [0.4, 0.5) is 11.4 Å². The van der Waals surface area contributed by atoms with Crippen molar-refractivity contribution >= 4 is 11.4 Å². The van der Waals surface area contributed by atoms with Gasteiger partial charge in [-0.15, -0.1) is 0 Å². The lowest BCUT2D eigenvalue weighted by molar-refractivity contribution is -0.384. The smallest absolute Gasteiger partial charge is 0.269 e. The summed E-state index contributed by atoms with van der Waals surface area (Å²) in [4.78, 5) is 12.7. The summed E-state index contributed by atoms with van der Waals surface area (Å²) in [5.74, 6) is 0.627. The molecule has 0 saturated heterocycles. The molecule has 0 radical (unpaired) electrons. The van der Waals surface area contributed by atoms with Gasteiger partial charge in [-0.3, -0.25) is 10.1 Å². The van der Waals surface area contributed by atoms with E-state index in [1.165, 1.54) is 6.07 Å². The minimum Gasteiger partial charge on any atom is -0.388 e. The topological polar surface area (TPSA) is 58.4 Å². The highest BCUT2D eigenvalue weighted by molar-refractivity contribution is 5.55. The fourth-order valence-corrected chi connectivity index (χ4v) is 2.08. The van der Waals surface area contributed by atoms with E-state index in [0.717, 1.165) is 24.2 Å². The third-order valence-corrected chi connectivity index (χ3v) is 3.33. The molecule has 0 bridgehead atoms. The maximum absolute atomic E-state index is 10.8. The Morgan fingerprint density at radius 2 is 2.16 bits per heavy atom. The number of nitro groups is 1. The molecule has 0 saturated carbocycles. The molecule has 0 aliphatic heterocycles. The van der Waals surface area contributed by atoms with Crippen LogP contribution in [0.3, 0.4) is 0 Å². The molecule has 1 aromatic rings. The van der Waals surface area contributed by atoms with Crippen molar-refractivity contribution in [2.45, 2.75) is 26.8 Å². The number of nitrogens with one attached hydrogen (secondary N) is 1. The van der Waals surface area contributed by atoms with E-state index >= 15 is 0 Å². The largest absolute Gasteiger partial charge is 0.388 e. The Labute approximate surface area is 114 Å². The van der Waals surface area contributed by atoms with Crippen LogP contribution in [-0.4, -0.2) is 30.5 Å². The first-order valence-corrected chi connectivity index (χ1v) is 6.61. The summed E-state index contributed by atoms with van der Waals surface area (Å²) < 4.78 is 0. The van der Waals surface area contributed by atoms with Gasteiger partial charge in [0.2, 0.25) is 0 Å². The van der Waals surface area contributed by atoms with Crippen molar-refractivity contribution in [3.05, 3.63) is 33.9 Å². The second-order valence-electron chi connectivity index (χ2n) is 5.06. The van der Waals surface area contributed by atoms with Crippen LogP contribution in [0, 0.1) is 16.0 Å². The maximum Gasteiger partial charge on any atom is 0.269 e. The number of nitro benzene ring substituents is 1. The number of nitrogens with zero attached hydrogens (tertiary/aromatic N) is 2. The van der Waals surface area contributed by atoms with E-state index in [0.29, 0.717) is 12.5 Å². The molecule has 0 fully saturated rings. The van der Waals surface area contributed by atoms with Gasteiger partial charge in [0.05, 0.1) is 4.92 Å². The van der Waals surface area contributed by atoms with Gasteiger partial charge in [-0.25, -0.2) is 0 Å². The van der Waals surface area contributed by atoms with Gasteiger partial charge in [0.15, 0.2) is 0 Å². The van der Waals surface area contributed by atoms with Crippen molar-refractivity contribution < 1.29 is 4.92 Å². The summed E-state index contributed by atoms with van der Waals surface area (Å²) in [5, 5.41) is 13.9. The van der Waals surface area contributed by atoms with Crippen molar-refractivity contribution in [1.82, 2.24) is 4.90 Å². The minimum absolute atomic E-state index is 0.144. The van der Waals surface area contributed by atoms with E-state index in [2.05, 4.69) is 24.1 Å². The van der Waals surface area contributed by atoms with Crippen LogP contribution >= 0.6 is 0 Å². The average Bonchev–Trinajstić information content (AvgIpc) is 2.38. The fraction of sp³-hybridized carbons (Fsp3) is 0.571. The van der Waals surface area contributed by atoms with Crippen LogP contribution < -0.4 is 5.32 Å². The Bertz CT molecular complexity index is 435. The van der Waals surface area contributed by atoms with Crippen LogP contribution in [0.25, 0.3) is 0 Å². The predicted octanol–water partition coefficient (Wildman–Crippen LogP) is 3.11. The summed E-state index contributed by atoms with van der Waals surface area (Å²) in [6, 6.07) is 4.95. The Morgan fingerprint density at radius 3 is 2.68 bits per heavy atom. The standard InChI is InChI=1S/C14H23N3O2/c1-5-11(2)9-16(4)10-12-8-13(17(18)19)6-7-14(12)15-3/h6-8,11,15H,5,9-10H2,1-4H3. The Hall–Kier alpha value is -1.62. The van der Waals surface area contributed by atoms with E-state index in [1.807, 2.05) is 14.1 Å². The number of benzene rings is 1. The molecule has 1 unspecified atom stereocenters.